The van der Waals surface area contributed by atoms with Crippen LogP contribution in [0.25, 0.3) is 5.65 Å². The second-order valence-corrected chi connectivity index (χ2v) is 7.15. The van der Waals surface area contributed by atoms with Crippen LogP contribution in [0.3, 0.4) is 0 Å². The number of rotatable bonds is 3. The molecule has 0 amide bonds. The second kappa shape index (κ2) is 5.89. The Morgan fingerprint density at radius 1 is 1.43 bits per heavy atom. The van der Waals surface area contributed by atoms with Crippen molar-refractivity contribution in [1.29, 1.82) is 0 Å². The minimum Gasteiger partial charge on any atom is -0.390 e. The molecule has 23 heavy (non-hydrogen) atoms. The minimum atomic E-state index is -0.620. The summed E-state index contributed by atoms with van der Waals surface area (Å²) < 4.78 is 7.84. The van der Waals surface area contributed by atoms with Gasteiger partial charge < -0.3 is 14.2 Å². The van der Waals surface area contributed by atoms with E-state index < -0.39 is 5.60 Å². The number of nitrogens with zero attached hydrogens (tertiary/aromatic N) is 3. The van der Waals surface area contributed by atoms with E-state index in [2.05, 4.69) is 20.5 Å². The predicted octanol–water partition coefficient (Wildman–Crippen LogP) is 2.09. The Balaban J connectivity index is 1.56. The summed E-state index contributed by atoms with van der Waals surface area (Å²) in [5.74, 6) is 0.193. The monoisotopic (exact) mass is 315 g/mol. The Kier molecular flexibility index (Phi) is 3.87. The Bertz CT molecular complexity index is 682. The number of hydrogen-bond donors (Lipinski definition) is 1. The zero-order valence-corrected chi connectivity index (χ0v) is 13.7. The molecular formula is C18H25N3O2. The normalized spacial score (nSPS) is 32.6. The standard InChI is InChI=1S/C18H25N3O2/c1-18(22)7-10-23-13-15(18)16-5-4-8-20(16)12-14-11-19-17-6-2-3-9-21(14)17/h2-3,6,9,11,15-16,22H,4-5,7-8,10,12-13H2,1H3/t15-,16-,18-/m0/s1. The zero-order chi connectivity index (χ0) is 15.9. The summed E-state index contributed by atoms with van der Waals surface area (Å²) in [6, 6.07) is 6.48. The van der Waals surface area contributed by atoms with Gasteiger partial charge in [-0.05, 0) is 44.9 Å². The number of ether oxygens (including phenoxy) is 1. The Hall–Kier alpha value is -1.43. The molecule has 2 aliphatic rings. The van der Waals surface area contributed by atoms with Crippen LogP contribution in [0, 0.1) is 5.92 Å². The molecule has 5 nitrogen and oxygen atoms in total. The molecule has 3 atom stereocenters. The van der Waals surface area contributed by atoms with Gasteiger partial charge in [-0.1, -0.05) is 6.07 Å². The average Bonchev–Trinajstić information content (AvgIpc) is 3.15. The molecule has 0 saturated carbocycles. The number of aromatic nitrogens is 2. The molecule has 0 aromatic carbocycles. The number of pyridine rings is 1. The summed E-state index contributed by atoms with van der Waals surface area (Å²) in [6.07, 6.45) is 7.11. The maximum atomic E-state index is 10.8. The minimum absolute atomic E-state index is 0.193. The van der Waals surface area contributed by atoms with Crippen LogP contribution in [0.5, 0.6) is 0 Å². The van der Waals surface area contributed by atoms with Crippen LogP contribution in [0.2, 0.25) is 0 Å². The Morgan fingerprint density at radius 3 is 3.22 bits per heavy atom. The van der Waals surface area contributed by atoms with Gasteiger partial charge in [0.1, 0.15) is 5.65 Å². The lowest BCUT2D eigenvalue weighted by Gasteiger charge is -2.43. The predicted molar refractivity (Wildman–Crippen MR) is 88.2 cm³/mol. The third kappa shape index (κ3) is 2.77. The van der Waals surface area contributed by atoms with Crippen LogP contribution in [0.4, 0.5) is 0 Å². The fourth-order valence-electron chi connectivity index (χ4n) is 4.19. The summed E-state index contributed by atoms with van der Waals surface area (Å²) in [4.78, 5) is 6.99. The number of likely N-dealkylation sites (tertiary alicyclic amines) is 1. The van der Waals surface area contributed by atoms with E-state index in [9.17, 15) is 5.11 Å². The number of hydrogen-bond acceptors (Lipinski definition) is 4. The van der Waals surface area contributed by atoms with Crippen molar-refractivity contribution < 1.29 is 9.84 Å². The molecule has 4 rings (SSSR count). The summed E-state index contributed by atoms with van der Waals surface area (Å²) in [5.41, 5.74) is 1.58. The van der Waals surface area contributed by atoms with E-state index in [4.69, 9.17) is 4.74 Å². The maximum absolute atomic E-state index is 10.8. The average molecular weight is 315 g/mol. The zero-order valence-electron chi connectivity index (χ0n) is 13.7. The van der Waals surface area contributed by atoms with Gasteiger partial charge in [-0.3, -0.25) is 4.90 Å². The summed E-state index contributed by atoms with van der Waals surface area (Å²) in [7, 11) is 0. The molecule has 2 aromatic rings. The van der Waals surface area contributed by atoms with Gasteiger partial charge in [0.2, 0.25) is 0 Å². The molecule has 0 bridgehead atoms. The Labute approximate surface area is 136 Å². The molecule has 2 saturated heterocycles. The van der Waals surface area contributed by atoms with E-state index in [1.807, 2.05) is 31.3 Å². The Morgan fingerprint density at radius 2 is 2.35 bits per heavy atom. The van der Waals surface area contributed by atoms with Crippen molar-refractivity contribution in [3.8, 4) is 0 Å². The maximum Gasteiger partial charge on any atom is 0.136 e. The van der Waals surface area contributed by atoms with Gasteiger partial charge in [0, 0.05) is 31.3 Å². The molecule has 0 spiro atoms. The first-order valence-corrected chi connectivity index (χ1v) is 8.60. The third-order valence-electron chi connectivity index (χ3n) is 5.59. The topological polar surface area (TPSA) is 50.0 Å². The van der Waals surface area contributed by atoms with Gasteiger partial charge in [0.25, 0.3) is 0 Å². The van der Waals surface area contributed by atoms with Crippen LogP contribution in [-0.2, 0) is 11.3 Å². The summed E-state index contributed by atoms with van der Waals surface area (Å²) in [5, 5.41) is 10.8. The molecule has 1 N–H and O–H groups in total. The van der Waals surface area contributed by atoms with Gasteiger partial charge in [-0.2, -0.15) is 0 Å². The highest BCUT2D eigenvalue weighted by atomic mass is 16.5. The van der Waals surface area contributed by atoms with Gasteiger partial charge in [-0.25, -0.2) is 4.98 Å². The third-order valence-corrected chi connectivity index (χ3v) is 5.59. The van der Waals surface area contributed by atoms with Crippen LogP contribution < -0.4 is 0 Å². The highest BCUT2D eigenvalue weighted by molar-refractivity contribution is 5.39. The van der Waals surface area contributed by atoms with Gasteiger partial charge in [0.05, 0.1) is 24.1 Å². The van der Waals surface area contributed by atoms with E-state index in [1.54, 1.807) is 0 Å². The molecule has 4 heterocycles. The van der Waals surface area contributed by atoms with Crippen LogP contribution in [-0.4, -0.2) is 50.8 Å². The largest absolute Gasteiger partial charge is 0.390 e. The molecular weight excluding hydrogens is 290 g/mol. The molecule has 0 radical (unpaired) electrons. The van der Waals surface area contributed by atoms with Crippen molar-refractivity contribution in [3.63, 3.8) is 0 Å². The lowest BCUT2D eigenvalue weighted by atomic mass is 9.79. The van der Waals surface area contributed by atoms with Crippen molar-refractivity contribution in [3.05, 3.63) is 36.3 Å². The molecule has 0 aliphatic carbocycles. The van der Waals surface area contributed by atoms with Crippen molar-refractivity contribution in [1.82, 2.24) is 14.3 Å². The molecule has 2 aliphatic heterocycles. The van der Waals surface area contributed by atoms with Crippen LogP contribution in [0.15, 0.2) is 30.6 Å². The van der Waals surface area contributed by atoms with E-state index in [-0.39, 0.29) is 5.92 Å². The van der Waals surface area contributed by atoms with Crippen molar-refractivity contribution in [2.75, 3.05) is 19.8 Å². The summed E-state index contributed by atoms with van der Waals surface area (Å²) >= 11 is 0. The number of imidazole rings is 1. The van der Waals surface area contributed by atoms with Crippen LogP contribution >= 0.6 is 0 Å². The molecule has 2 aromatic heterocycles. The fourth-order valence-corrected chi connectivity index (χ4v) is 4.19. The summed E-state index contributed by atoms with van der Waals surface area (Å²) in [6.45, 7) is 5.27. The molecule has 0 unspecified atom stereocenters. The first-order chi connectivity index (χ1) is 11.1. The number of fused-ring (bicyclic) bond motifs is 1. The SMILES string of the molecule is C[C@]1(O)CCOC[C@H]1[C@@H]1CCCN1Cc1cnc2ccccn12. The quantitative estimate of drug-likeness (QED) is 0.942. The first-order valence-electron chi connectivity index (χ1n) is 8.60. The van der Waals surface area contributed by atoms with E-state index in [0.29, 0.717) is 19.3 Å². The molecule has 124 valence electrons. The number of aliphatic hydroxyl groups is 1. The van der Waals surface area contributed by atoms with E-state index in [1.165, 1.54) is 12.1 Å². The van der Waals surface area contributed by atoms with Gasteiger partial charge in [0.15, 0.2) is 0 Å². The van der Waals surface area contributed by atoms with Crippen LogP contribution in [0.1, 0.15) is 31.9 Å². The van der Waals surface area contributed by atoms with Crippen molar-refractivity contribution in [2.45, 2.75) is 44.4 Å². The fraction of sp³-hybridized carbons (Fsp3) is 0.611. The van der Waals surface area contributed by atoms with E-state index >= 15 is 0 Å². The smallest absolute Gasteiger partial charge is 0.136 e. The van der Waals surface area contributed by atoms with E-state index in [0.717, 1.165) is 31.6 Å². The van der Waals surface area contributed by atoms with Gasteiger partial charge >= 0.3 is 0 Å². The highest BCUT2D eigenvalue weighted by Crippen LogP contribution is 2.36. The first kappa shape index (κ1) is 15.1. The van der Waals surface area contributed by atoms with Gasteiger partial charge in [-0.15, -0.1) is 0 Å². The van der Waals surface area contributed by atoms with Crippen molar-refractivity contribution in [2.24, 2.45) is 5.92 Å². The van der Waals surface area contributed by atoms with Crippen molar-refractivity contribution >= 4 is 5.65 Å². The highest BCUT2D eigenvalue weighted by Gasteiger charge is 2.44. The lowest BCUT2D eigenvalue weighted by molar-refractivity contribution is -0.123. The lowest BCUT2D eigenvalue weighted by Crippen LogP contribution is -2.52. The molecule has 2 fully saturated rings. The molecule has 5 heteroatoms. The second-order valence-electron chi connectivity index (χ2n) is 7.15.